The minimum absolute atomic E-state index is 1.16. The maximum atomic E-state index is 2.46. The fourth-order valence-electron chi connectivity index (χ4n) is 12.0. The van der Waals surface area contributed by atoms with E-state index in [1.807, 2.05) is 0 Å². The number of aromatic nitrogens is 1. The molecule has 334 valence electrons. The number of benzene rings is 12. The predicted octanol–water partition coefficient (Wildman–Crippen LogP) is 11.5. The van der Waals surface area contributed by atoms with Crippen LogP contribution in [0.4, 0.5) is 0 Å². The summed E-state index contributed by atoms with van der Waals surface area (Å²) in [6.45, 7) is 0. The lowest BCUT2D eigenvalue weighted by Gasteiger charge is -2.34. The van der Waals surface area contributed by atoms with Crippen LogP contribution in [0.15, 0.2) is 297 Å². The van der Waals surface area contributed by atoms with E-state index in [2.05, 4.69) is 302 Å². The standard InChI is InChI=1S/C68H49NSi2/c1-8-22-52(23-9-1)69-65-48-46-61(50-36-40-59(41-37-50)70(53-24-10-2-11-25-53,54-26-12-3-13-27-54)55-28-14-4-15-29-55)63-44-45-64-62(47-49-66(69)68(64)67(63)65)51-38-42-60(43-39-51)71(56-30-16-5-17-31-56,57-32-18-6-19-33-57)58-34-20-7-21-35-58/h1-49H. The van der Waals surface area contributed by atoms with Gasteiger partial charge in [-0.2, -0.15) is 0 Å². The zero-order chi connectivity index (χ0) is 47.2. The van der Waals surface area contributed by atoms with Crippen molar-refractivity contribution >= 4 is 90.2 Å². The van der Waals surface area contributed by atoms with E-state index in [1.54, 1.807) is 0 Å². The topological polar surface area (TPSA) is 4.93 Å². The molecule has 0 aliphatic heterocycles. The van der Waals surface area contributed by atoms with Gasteiger partial charge in [0.15, 0.2) is 16.1 Å². The minimum Gasteiger partial charge on any atom is -0.309 e. The van der Waals surface area contributed by atoms with Crippen molar-refractivity contribution < 1.29 is 0 Å². The van der Waals surface area contributed by atoms with Gasteiger partial charge in [-0.1, -0.05) is 273 Å². The van der Waals surface area contributed by atoms with Gasteiger partial charge >= 0.3 is 0 Å². The Morgan fingerprint density at radius 1 is 0.211 bits per heavy atom. The third-order valence-corrected chi connectivity index (χ3v) is 24.7. The van der Waals surface area contributed by atoms with Crippen molar-refractivity contribution in [3.8, 4) is 27.9 Å². The van der Waals surface area contributed by atoms with Crippen LogP contribution in [0.2, 0.25) is 0 Å². The molecule has 13 rings (SSSR count). The fraction of sp³-hybridized carbons (Fsp3) is 0. The van der Waals surface area contributed by atoms with Crippen LogP contribution in [0.3, 0.4) is 0 Å². The van der Waals surface area contributed by atoms with Gasteiger partial charge in [-0.25, -0.2) is 0 Å². The summed E-state index contributed by atoms with van der Waals surface area (Å²) in [5.74, 6) is 0. The molecule has 0 aliphatic carbocycles. The average molecular weight is 936 g/mol. The summed E-state index contributed by atoms with van der Waals surface area (Å²) in [5, 5.41) is 16.1. The van der Waals surface area contributed by atoms with Crippen LogP contribution in [-0.4, -0.2) is 20.7 Å². The molecule has 0 amide bonds. The van der Waals surface area contributed by atoms with E-state index in [0.29, 0.717) is 0 Å². The maximum absolute atomic E-state index is 2.67. The first-order valence-corrected chi connectivity index (χ1v) is 28.7. The quantitative estimate of drug-likeness (QED) is 0.0692. The summed E-state index contributed by atoms with van der Waals surface area (Å²) >= 11 is 0. The van der Waals surface area contributed by atoms with Crippen molar-refractivity contribution in [2.45, 2.75) is 0 Å². The first-order valence-electron chi connectivity index (χ1n) is 24.7. The summed E-state index contributed by atoms with van der Waals surface area (Å²) in [6.07, 6.45) is 0. The van der Waals surface area contributed by atoms with Gasteiger partial charge in [-0.15, -0.1) is 0 Å². The molecule has 12 aromatic carbocycles. The van der Waals surface area contributed by atoms with Gasteiger partial charge in [-0.05, 0) is 98.8 Å². The molecule has 1 nitrogen and oxygen atoms in total. The Bertz CT molecular complexity index is 3480. The van der Waals surface area contributed by atoms with Gasteiger partial charge in [0.25, 0.3) is 0 Å². The van der Waals surface area contributed by atoms with Crippen LogP contribution in [0.5, 0.6) is 0 Å². The second-order valence-corrected chi connectivity index (χ2v) is 26.3. The van der Waals surface area contributed by atoms with Gasteiger partial charge < -0.3 is 4.57 Å². The molecule has 0 radical (unpaired) electrons. The molecule has 1 heterocycles. The molecule has 0 atom stereocenters. The molecule has 0 spiro atoms. The maximum Gasteiger partial charge on any atom is 0.179 e. The first-order chi connectivity index (χ1) is 35.2. The lowest BCUT2D eigenvalue weighted by Crippen LogP contribution is -2.74. The molecule has 0 saturated carbocycles. The lowest BCUT2D eigenvalue weighted by molar-refractivity contribution is 1.18. The van der Waals surface area contributed by atoms with Gasteiger partial charge in [0.2, 0.25) is 0 Å². The summed E-state index contributed by atoms with van der Waals surface area (Å²) in [6, 6.07) is 111. The minimum atomic E-state index is -2.67. The Kier molecular flexibility index (Phi) is 10.6. The second-order valence-electron chi connectivity index (χ2n) is 18.7. The lowest BCUT2D eigenvalue weighted by atomic mass is 9.91. The number of hydrogen-bond acceptors (Lipinski definition) is 0. The second kappa shape index (κ2) is 17.7. The molecular weight excluding hydrogens is 887 g/mol. The van der Waals surface area contributed by atoms with Crippen LogP contribution < -0.4 is 41.5 Å². The van der Waals surface area contributed by atoms with E-state index in [0.717, 1.165) is 5.69 Å². The number of rotatable bonds is 11. The van der Waals surface area contributed by atoms with Crippen LogP contribution in [-0.2, 0) is 0 Å². The van der Waals surface area contributed by atoms with E-state index >= 15 is 0 Å². The van der Waals surface area contributed by atoms with Crippen LogP contribution in [0, 0.1) is 0 Å². The Morgan fingerprint density at radius 3 is 0.746 bits per heavy atom. The summed E-state index contributed by atoms with van der Waals surface area (Å²) in [5.41, 5.74) is 8.50. The van der Waals surface area contributed by atoms with Crippen molar-refractivity contribution in [2.24, 2.45) is 0 Å². The van der Waals surface area contributed by atoms with Gasteiger partial charge in [-0.3, -0.25) is 0 Å². The SMILES string of the molecule is c1ccc(-n2c3ccc(-c4ccc([Si](c5ccccc5)(c5ccccc5)c5ccccc5)cc4)c4ccc5c(-c6ccc([Si](c7ccccc7)(c7ccccc7)c7ccccc7)cc6)ccc2c5c43)cc1. The van der Waals surface area contributed by atoms with Gasteiger partial charge in [0.1, 0.15) is 0 Å². The zero-order valence-electron chi connectivity index (χ0n) is 39.2. The van der Waals surface area contributed by atoms with E-state index in [9.17, 15) is 0 Å². The highest BCUT2D eigenvalue weighted by atomic mass is 28.3. The summed E-state index contributed by atoms with van der Waals surface area (Å²) in [4.78, 5) is 0. The molecule has 0 N–H and O–H groups in total. The number of nitrogens with zero attached hydrogens (tertiary/aromatic N) is 1. The Balaban J connectivity index is 0.980. The molecule has 0 bridgehead atoms. The molecule has 0 unspecified atom stereocenters. The third-order valence-electron chi connectivity index (χ3n) is 15.1. The predicted molar refractivity (Wildman–Crippen MR) is 308 cm³/mol. The summed E-state index contributed by atoms with van der Waals surface area (Å²) in [7, 11) is -5.34. The van der Waals surface area contributed by atoms with Crippen LogP contribution in [0.1, 0.15) is 0 Å². The van der Waals surface area contributed by atoms with Crippen molar-refractivity contribution in [1.29, 1.82) is 0 Å². The third kappa shape index (κ3) is 6.81. The molecule has 0 aliphatic rings. The van der Waals surface area contributed by atoms with Crippen molar-refractivity contribution in [2.75, 3.05) is 0 Å². The van der Waals surface area contributed by atoms with E-state index < -0.39 is 16.1 Å². The monoisotopic (exact) mass is 935 g/mol. The smallest absolute Gasteiger partial charge is 0.179 e. The van der Waals surface area contributed by atoms with Crippen LogP contribution >= 0.6 is 0 Å². The van der Waals surface area contributed by atoms with E-state index in [4.69, 9.17) is 0 Å². The normalized spacial score (nSPS) is 11.9. The molecule has 0 saturated heterocycles. The van der Waals surface area contributed by atoms with Gasteiger partial charge in [0.05, 0.1) is 11.0 Å². The molecule has 3 heteroatoms. The highest BCUT2D eigenvalue weighted by Crippen LogP contribution is 2.45. The molecule has 71 heavy (non-hydrogen) atoms. The Labute approximate surface area is 417 Å². The molecule has 0 fully saturated rings. The van der Waals surface area contributed by atoms with Crippen molar-refractivity contribution in [3.63, 3.8) is 0 Å². The van der Waals surface area contributed by atoms with Crippen molar-refractivity contribution in [1.82, 2.24) is 4.57 Å². The van der Waals surface area contributed by atoms with Gasteiger partial charge in [0, 0.05) is 16.5 Å². The molecule has 1 aromatic heterocycles. The van der Waals surface area contributed by atoms with E-state index in [-0.39, 0.29) is 0 Å². The number of para-hydroxylation sites is 1. The van der Waals surface area contributed by atoms with E-state index in [1.165, 1.54) is 96.3 Å². The zero-order valence-corrected chi connectivity index (χ0v) is 41.2. The Morgan fingerprint density at radius 2 is 0.465 bits per heavy atom. The highest BCUT2D eigenvalue weighted by molar-refractivity contribution is 7.20. The largest absolute Gasteiger partial charge is 0.309 e. The fourth-order valence-corrected chi connectivity index (χ4v) is 21.5. The number of hydrogen-bond donors (Lipinski definition) is 0. The Hall–Kier alpha value is -8.61. The summed E-state index contributed by atoms with van der Waals surface area (Å²) < 4.78 is 2.46. The highest BCUT2D eigenvalue weighted by Gasteiger charge is 2.42. The molecular formula is C68H49NSi2. The molecule has 13 aromatic rings. The average Bonchev–Trinajstić information content (AvgIpc) is 3.80. The van der Waals surface area contributed by atoms with Crippen molar-refractivity contribution in [3.05, 3.63) is 297 Å². The van der Waals surface area contributed by atoms with Crippen LogP contribution in [0.25, 0.3) is 60.5 Å². The first kappa shape index (κ1) is 42.5.